The first-order valence-corrected chi connectivity index (χ1v) is 10.2. The number of nitrogens with zero attached hydrogens (tertiary/aromatic N) is 2. The smallest absolute Gasteiger partial charge is 0.301 e. The van der Waals surface area contributed by atoms with E-state index in [1.807, 2.05) is 0 Å². The number of Topliss-reactive ketones (excluding diaryl/α,β-unsaturated/α-hetero) is 1. The second-order valence-corrected chi connectivity index (χ2v) is 7.37. The number of aliphatic hydroxyl groups excluding tert-OH is 1. The summed E-state index contributed by atoms with van der Waals surface area (Å²) in [6, 6.07) is 14.2. The summed E-state index contributed by atoms with van der Waals surface area (Å²) in [5, 5.41) is 15.1. The van der Waals surface area contributed by atoms with Crippen LogP contribution in [0, 0.1) is 6.92 Å². The molecule has 1 atom stereocenters. The van der Waals surface area contributed by atoms with Gasteiger partial charge in [0.05, 0.1) is 18.7 Å². The minimum atomic E-state index is -0.951. The van der Waals surface area contributed by atoms with Crippen molar-refractivity contribution in [2.75, 3.05) is 18.6 Å². The number of rotatable bonds is 7. The highest BCUT2D eigenvalue weighted by atomic mass is 16.5. The van der Waals surface area contributed by atoms with Crippen LogP contribution in [-0.4, -0.2) is 35.7 Å². The Balaban J connectivity index is 1.91. The minimum absolute atomic E-state index is 0.0743. The van der Waals surface area contributed by atoms with Gasteiger partial charge in [0.2, 0.25) is 0 Å². The van der Waals surface area contributed by atoms with Crippen molar-refractivity contribution in [3.8, 4) is 11.5 Å². The van der Waals surface area contributed by atoms with Gasteiger partial charge in [0.1, 0.15) is 29.6 Å². The maximum Gasteiger partial charge on any atom is 0.301 e. The lowest BCUT2D eigenvalue weighted by molar-refractivity contribution is -0.132. The Morgan fingerprint density at radius 3 is 2.64 bits per heavy atom. The molecule has 0 radical (unpaired) electrons. The lowest BCUT2D eigenvalue weighted by Crippen LogP contribution is -2.29. The zero-order valence-corrected chi connectivity index (χ0v) is 18.1. The molecule has 2 heterocycles. The summed E-state index contributed by atoms with van der Waals surface area (Å²) in [6.45, 7) is 5.61. The Morgan fingerprint density at radius 1 is 1.18 bits per heavy atom. The van der Waals surface area contributed by atoms with Crippen LogP contribution in [0.2, 0.25) is 0 Å². The van der Waals surface area contributed by atoms with Gasteiger partial charge in [-0.15, -0.1) is 0 Å². The molecule has 2 aromatic carbocycles. The lowest BCUT2D eigenvalue weighted by Gasteiger charge is -2.23. The number of aryl methyl sites for hydroxylation is 1. The summed E-state index contributed by atoms with van der Waals surface area (Å²) >= 11 is 0. The first-order chi connectivity index (χ1) is 15.9. The van der Waals surface area contributed by atoms with Crippen molar-refractivity contribution < 1.29 is 28.7 Å². The molecule has 0 aliphatic carbocycles. The van der Waals surface area contributed by atoms with Gasteiger partial charge in [0, 0.05) is 11.6 Å². The van der Waals surface area contributed by atoms with Gasteiger partial charge >= 0.3 is 5.91 Å². The number of carbonyl (C=O) groups is 2. The molecular formula is C25H22N2O6. The van der Waals surface area contributed by atoms with Gasteiger partial charge in [-0.3, -0.25) is 14.5 Å². The fraction of sp³-hybridized carbons (Fsp3) is 0.160. The van der Waals surface area contributed by atoms with E-state index in [2.05, 4.69) is 11.7 Å². The molecule has 1 amide bonds. The highest BCUT2D eigenvalue weighted by Crippen LogP contribution is 2.42. The van der Waals surface area contributed by atoms with Crippen LogP contribution in [0.15, 0.2) is 77.3 Å². The van der Waals surface area contributed by atoms with Crippen molar-refractivity contribution in [1.29, 1.82) is 0 Å². The third-order valence-electron chi connectivity index (χ3n) is 5.19. The third-order valence-corrected chi connectivity index (χ3v) is 5.19. The molecule has 0 unspecified atom stereocenters. The number of aromatic nitrogens is 1. The molecule has 4 rings (SSSR count). The number of benzene rings is 2. The van der Waals surface area contributed by atoms with Crippen LogP contribution >= 0.6 is 0 Å². The first kappa shape index (κ1) is 21.9. The number of methoxy groups -OCH3 is 1. The molecule has 1 aliphatic heterocycles. The molecule has 168 valence electrons. The highest BCUT2D eigenvalue weighted by molar-refractivity contribution is 6.51. The van der Waals surface area contributed by atoms with Crippen LogP contribution in [0.4, 0.5) is 5.82 Å². The minimum Gasteiger partial charge on any atom is -0.507 e. The molecule has 8 nitrogen and oxygen atoms in total. The number of ketones is 1. The molecule has 33 heavy (non-hydrogen) atoms. The van der Waals surface area contributed by atoms with E-state index in [1.165, 1.54) is 12.0 Å². The fourth-order valence-electron chi connectivity index (χ4n) is 3.71. The summed E-state index contributed by atoms with van der Waals surface area (Å²) in [4.78, 5) is 27.5. The molecule has 0 spiro atoms. The summed E-state index contributed by atoms with van der Waals surface area (Å²) in [7, 11) is 1.50. The Morgan fingerprint density at radius 2 is 1.94 bits per heavy atom. The number of anilines is 1. The van der Waals surface area contributed by atoms with E-state index < -0.39 is 17.7 Å². The molecule has 8 heteroatoms. The van der Waals surface area contributed by atoms with E-state index in [9.17, 15) is 14.7 Å². The van der Waals surface area contributed by atoms with Gasteiger partial charge in [-0.05, 0) is 36.8 Å². The molecular weight excluding hydrogens is 424 g/mol. The Labute approximate surface area is 190 Å². The summed E-state index contributed by atoms with van der Waals surface area (Å²) in [5.41, 5.74) is 0.823. The summed E-state index contributed by atoms with van der Waals surface area (Å²) < 4.78 is 16.0. The predicted molar refractivity (Wildman–Crippen MR) is 121 cm³/mol. The molecule has 0 bridgehead atoms. The van der Waals surface area contributed by atoms with Gasteiger partial charge in [0.25, 0.3) is 5.78 Å². The van der Waals surface area contributed by atoms with Gasteiger partial charge in [-0.1, -0.05) is 42.1 Å². The molecule has 1 N–H and O–H groups in total. The zero-order chi connectivity index (χ0) is 23.5. The maximum atomic E-state index is 13.2. The quantitative estimate of drug-likeness (QED) is 0.251. The molecule has 1 saturated heterocycles. The summed E-state index contributed by atoms with van der Waals surface area (Å²) in [5.74, 6) is -0.318. The van der Waals surface area contributed by atoms with Crippen molar-refractivity contribution in [3.05, 3.63) is 89.7 Å². The number of aliphatic hydroxyl groups is 1. The van der Waals surface area contributed by atoms with Crippen LogP contribution in [0.25, 0.3) is 5.76 Å². The predicted octanol–water partition coefficient (Wildman–Crippen LogP) is 4.18. The Bertz CT molecular complexity index is 1260. The molecule has 1 aliphatic rings. The van der Waals surface area contributed by atoms with E-state index >= 15 is 0 Å². The van der Waals surface area contributed by atoms with Gasteiger partial charge in [-0.25, -0.2) is 0 Å². The monoisotopic (exact) mass is 446 g/mol. The number of hydrogen-bond donors (Lipinski definition) is 1. The molecule has 3 aromatic rings. The number of ether oxygens (including phenoxy) is 2. The van der Waals surface area contributed by atoms with Crippen LogP contribution in [0.1, 0.15) is 22.9 Å². The maximum absolute atomic E-state index is 13.2. The first-order valence-electron chi connectivity index (χ1n) is 10.2. The molecule has 0 saturated carbocycles. The standard InChI is InChI=1S/C25H22N2O6/c1-4-11-32-19-10-5-7-16(13-19)22-21(23(28)17-8-6-9-18(14-17)31-3)24(29)25(30)27(22)20-12-15(2)33-26-20/h4-10,12-14,22,28H,1,11H2,2-3H3/t22-/m0/s1. The second kappa shape index (κ2) is 9.04. The Kier molecular flexibility index (Phi) is 5.99. The van der Waals surface area contributed by atoms with Gasteiger partial charge in [-0.2, -0.15) is 0 Å². The van der Waals surface area contributed by atoms with Crippen molar-refractivity contribution in [1.82, 2.24) is 5.16 Å². The lowest BCUT2D eigenvalue weighted by atomic mass is 9.95. The van der Waals surface area contributed by atoms with E-state index in [1.54, 1.807) is 67.6 Å². The zero-order valence-electron chi connectivity index (χ0n) is 18.1. The van der Waals surface area contributed by atoms with Crippen molar-refractivity contribution in [3.63, 3.8) is 0 Å². The molecule has 1 aromatic heterocycles. The number of carbonyl (C=O) groups excluding carboxylic acids is 2. The molecule has 1 fully saturated rings. The normalized spacial score (nSPS) is 17.3. The van der Waals surface area contributed by atoms with E-state index in [4.69, 9.17) is 14.0 Å². The van der Waals surface area contributed by atoms with Crippen molar-refractivity contribution >= 4 is 23.3 Å². The van der Waals surface area contributed by atoms with Crippen LogP contribution in [-0.2, 0) is 9.59 Å². The fourth-order valence-corrected chi connectivity index (χ4v) is 3.71. The topological polar surface area (TPSA) is 102 Å². The van der Waals surface area contributed by atoms with E-state index in [0.29, 0.717) is 28.4 Å². The van der Waals surface area contributed by atoms with Gasteiger partial charge < -0.3 is 19.1 Å². The Hall–Kier alpha value is -4.33. The number of hydrogen-bond acceptors (Lipinski definition) is 7. The van der Waals surface area contributed by atoms with Gasteiger partial charge in [0.15, 0.2) is 5.82 Å². The second-order valence-electron chi connectivity index (χ2n) is 7.37. The average molecular weight is 446 g/mol. The van der Waals surface area contributed by atoms with E-state index in [-0.39, 0.29) is 23.8 Å². The third kappa shape index (κ3) is 4.10. The van der Waals surface area contributed by atoms with Crippen LogP contribution in [0.3, 0.4) is 0 Å². The summed E-state index contributed by atoms with van der Waals surface area (Å²) in [6.07, 6.45) is 1.61. The van der Waals surface area contributed by atoms with Crippen LogP contribution < -0.4 is 14.4 Å². The van der Waals surface area contributed by atoms with Crippen molar-refractivity contribution in [2.24, 2.45) is 0 Å². The number of amides is 1. The SMILES string of the molecule is C=CCOc1cccc([C@H]2C(=C(O)c3cccc(OC)c3)C(=O)C(=O)N2c2cc(C)on2)c1. The van der Waals surface area contributed by atoms with E-state index in [0.717, 1.165) is 0 Å². The largest absolute Gasteiger partial charge is 0.507 e. The average Bonchev–Trinajstić information content (AvgIpc) is 3.37. The van der Waals surface area contributed by atoms with Crippen LogP contribution in [0.5, 0.6) is 11.5 Å². The highest BCUT2D eigenvalue weighted by Gasteiger charge is 2.48. The van der Waals surface area contributed by atoms with Crippen molar-refractivity contribution in [2.45, 2.75) is 13.0 Å².